The Labute approximate surface area is 230 Å². The van der Waals surface area contributed by atoms with Gasteiger partial charge in [-0.15, -0.1) is 0 Å². The molecule has 1 aromatic carbocycles. The lowest BCUT2D eigenvalue weighted by atomic mass is 9.96. The van der Waals surface area contributed by atoms with Crippen LogP contribution in [0.4, 0.5) is 0 Å². The molecular weight excluding hydrogens is 504 g/mol. The van der Waals surface area contributed by atoms with E-state index in [1.807, 2.05) is 6.92 Å². The monoisotopic (exact) mass is 550 g/mol. The van der Waals surface area contributed by atoms with Gasteiger partial charge in [-0.2, -0.15) is 0 Å². The van der Waals surface area contributed by atoms with E-state index in [0.29, 0.717) is 50.8 Å². The second kappa shape index (κ2) is 18.1. The second-order valence-corrected chi connectivity index (χ2v) is 9.88. The summed E-state index contributed by atoms with van der Waals surface area (Å²) in [5.74, 6) is -3.16. The highest BCUT2D eigenvalue weighted by Crippen LogP contribution is 2.14. The molecule has 12 heteroatoms. The van der Waals surface area contributed by atoms with Crippen molar-refractivity contribution in [2.24, 2.45) is 23.1 Å². The first-order valence-corrected chi connectivity index (χ1v) is 13.6. The van der Waals surface area contributed by atoms with E-state index in [9.17, 15) is 29.4 Å². The number of rotatable bonds is 19. The van der Waals surface area contributed by atoms with Gasteiger partial charge in [-0.1, -0.05) is 38.8 Å². The van der Waals surface area contributed by atoms with Gasteiger partial charge in [0.05, 0.1) is 6.04 Å². The molecule has 220 valence electrons. The summed E-state index contributed by atoms with van der Waals surface area (Å²) < 4.78 is 0. The molecule has 1 rings (SSSR count). The number of benzene rings is 1. The fraction of sp³-hybridized carbons (Fsp3) is 0.630. The number of phenolic OH excluding ortho intramolecular Hbond substituents is 1. The SMILES string of the molecule is CCC(C)C(NC(=O)C(N)CCCCN)C(=O)NC(Cc1ccc(O)cc1)C(=O)NC(CCCCN)C(=O)O. The first-order valence-electron chi connectivity index (χ1n) is 13.6. The highest BCUT2D eigenvalue weighted by molar-refractivity contribution is 5.94. The molecule has 0 fully saturated rings. The number of nitrogens with two attached hydrogens (primary N) is 3. The quantitative estimate of drug-likeness (QED) is 0.109. The second-order valence-electron chi connectivity index (χ2n) is 9.88. The lowest BCUT2D eigenvalue weighted by Crippen LogP contribution is -2.59. The molecule has 0 aliphatic heterocycles. The van der Waals surface area contributed by atoms with E-state index in [4.69, 9.17) is 17.2 Å². The maximum atomic E-state index is 13.4. The van der Waals surface area contributed by atoms with Crippen molar-refractivity contribution in [3.05, 3.63) is 29.8 Å². The lowest BCUT2D eigenvalue weighted by molar-refractivity contribution is -0.142. The molecule has 12 nitrogen and oxygen atoms in total. The van der Waals surface area contributed by atoms with Gasteiger partial charge in [0.15, 0.2) is 0 Å². The predicted molar refractivity (Wildman–Crippen MR) is 148 cm³/mol. The van der Waals surface area contributed by atoms with Crippen LogP contribution in [0.2, 0.25) is 0 Å². The number of amides is 3. The molecule has 0 aliphatic carbocycles. The molecule has 0 saturated heterocycles. The molecule has 0 aliphatic rings. The van der Waals surface area contributed by atoms with E-state index in [-0.39, 0.29) is 24.5 Å². The smallest absolute Gasteiger partial charge is 0.326 e. The van der Waals surface area contributed by atoms with Crippen LogP contribution in [-0.2, 0) is 25.6 Å². The van der Waals surface area contributed by atoms with Crippen molar-refractivity contribution < 1.29 is 29.4 Å². The van der Waals surface area contributed by atoms with Crippen LogP contribution in [0.5, 0.6) is 5.75 Å². The number of aromatic hydroxyl groups is 1. The number of nitrogens with one attached hydrogen (secondary N) is 3. The van der Waals surface area contributed by atoms with Crippen molar-refractivity contribution >= 4 is 23.7 Å². The van der Waals surface area contributed by atoms with Crippen LogP contribution in [0, 0.1) is 5.92 Å². The maximum Gasteiger partial charge on any atom is 0.326 e. The van der Waals surface area contributed by atoms with Gasteiger partial charge in [-0.25, -0.2) is 4.79 Å². The van der Waals surface area contributed by atoms with Gasteiger partial charge in [-0.05, 0) is 68.8 Å². The predicted octanol–water partition coefficient (Wildman–Crippen LogP) is 0.105. The van der Waals surface area contributed by atoms with Crippen molar-refractivity contribution in [1.82, 2.24) is 16.0 Å². The number of aliphatic carboxylic acids is 1. The Morgan fingerprint density at radius 1 is 0.821 bits per heavy atom. The number of hydrogen-bond donors (Lipinski definition) is 8. The van der Waals surface area contributed by atoms with Gasteiger partial charge in [0.25, 0.3) is 0 Å². The largest absolute Gasteiger partial charge is 0.508 e. The summed E-state index contributed by atoms with van der Waals surface area (Å²) in [6, 6.07) is 2.05. The van der Waals surface area contributed by atoms with E-state index in [2.05, 4.69) is 16.0 Å². The van der Waals surface area contributed by atoms with Crippen LogP contribution in [0.3, 0.4) is 0 Å². The number of hydrogen-bond acceptors (Lipinski definition) is 8. The summed E-state index contributed by atoms with van der Waals surface area (Å²) >= 11 is 0. The summed E-state index contributed by atoms with van der Waals surface area (Å²) in [5, 5.41) is 27.2. The van der Waals surface area contributed by atoms with E-state index in [1.165, 1.54) is 12.1 Å². The maximum absolute atomic E-state index is 13.4. The number of carbonyl (C=O) groups is 4. The van der Waals surface area contributed by atoms with Crippen molar-refractivity contribution in [3.63, 3.8) is 0 Å². The van der Waals surface area contributed by atoms with Crippen LogP contribution in [-0.4, -0.2) is 71.2 Å². The van der Waals surface area contributed by atoms with Crippen molar-refractivity contribution in [2.75, 3.05) is 13.1 Å². The van der Waals surface area contributed by atoms with Crippen molar-refractivity contribution in [2.45, 2.75) is 89.4 Å². The summed E-state index contributed by atoms with van der Waals surface area (Å²) in [4.78, 5) is 51.2. The molecule has 0 spiro atoms. The average molecular weight is 551 g/mol. The molecule has 5 atom stereocenters. The summed E-state index contributed by atoms with van der Waals surface area (Å²) in [5.41, 5.74) is 17.6. The fourth-order valence-corrected chi connectivity index (χ4v) is 3.96. The van der Waals surface area contributed by atoms with E-state index in [0.717, 1.165) is 6.42 Å². The van der Waals surface area contributed by atoms with Crippen LogP contribution < -0.4 is 33.2 Å². The highest BCUT2D eigenvalue weighted by atomic mass is 16.4. The molecule has 0 heterocycles. The highest BCUT2D eigenvalue weighted by Gasteiger charge is 2.32. The Hall–Kier alpha value is -3.22. The molecular formula is C27H46N6O6. The molecule has 1 aromatic rings. The Balaban J connectivity index is 3.11. The van der Waals surface area contributed by atoms with Crippen molar-refractivity contribution in [3.8, 4) is 5.75 Å². The summed E-state index contributed by atoms with van der Waals surface area (Å²) in [6.07, 6.45) is 3.74. The van der Waals surface area contributed by atoms with Crippen LogP contribution in [0.1, 0.15) is 64.4 Å². The Morgan fingerprint density at radius 3 is 1.92 bits per heavy atom. The Kier molecular flexibility index (Phi) is 15.7. The third kappa shape index (κ3) is 12.5. The van der Waals surface area contributed by atoms with Crippen LogP contribution in [0.25, 0.3) is 0 Å². The minimum Gasteiger partial charge on any atom is -0.508 e. The standard InChI is InChI=1S/C27H46N6O6/c1-3-17(2)23(33-24(35)20(30)8-4-6-14-28)26(37)32-22(16-18-10-12-19(34)13-11-18)25(36)31-21(27(38)39)9-5-7-15-29/h10-13,17,20-23,34H,3-9,14-16,28-30H2,1-2H3,(H,31,36)(H,32,37)(H,33,35)(H,38,39). The van der Waals surface area contributed by atoms with Gasteiger partial charge in [0, 0.05) is 6.42 Å². The molecule has 3 amide bonds. The third-order valence-corrected chi connectivity index (χ3v) is 6.67. The molecule has 0 radical (unpaired) electrons. The topological polar surface area (TPSA) is 223 Å². The lowest BCUT2D eigenvalue weighted by Gasteiger charge is -2.28. The minimum atomic E-state index is -1.19. The average Bonchev–Trinajstić information content (AvgIpc) is 2.91. The van der Waals surface area contributed by atoms with Gasteiger partial charge in [0.1, 0.15) is 23.9 Å². The van der Waals surface area contributed by atoms with Crippen LogP contribution in [0.15, 0.2) is 24.3 Å². The third-order valence-electron chi connectivity index (χ3n) is 6.67. The number of unbranched alkanes of at least 4 members (excludes halogenated alkanes) is 2. The van der Waals surface area contributed by atoms with Gasteiger partial charge in [0.2, 0.25) is 17.7 Å². The molecule has 5 unspecified atom stereocenters. The van der Waals surface area contributed by atoms with E-state index in [1.54, 1.807) is 19.1 Å². The Bertz CT molecular complexity index is 913. The first kappa shape index (κ1) is 33.8. The van der Waals surface area contributed by atoms with Gasteiger partial charge >= 0.3 is 5.97 Å². The van der Waals surface area contributed by atoms with Crippen molar-refractivity contribution in [1.29, 1.82) is 0 Å². The number of phenols is 1. The normalized spacial score (nSPS) is 14.9. The van der Waals surface area contributed by atoms with E-state index >= 15 is 0 Å². The summed E-state index contributed by atoms with van der Waals surface area (Å²) in [6.45, 7) is 4.57. The fourth-order valence-electron chi connectivity index (χ4n) is 3.96. The van der Waals surface area contributed by atoms with Crippen LogP contribution >= 0.6 is 0 Å². The molecule has 39 heavy (non-hydrogen) atoms. The van der Waals surface area contributed by atoms with Gasteiger partial charge in [-0.3, -0.25) is 14.4 Å². The zero-order valence-corrected chi connectivity index (χ0v) is 23.0. The number of carbonyl (C=O) groups excluding carboxylic acids is 3. The van der Waals surface area contributed by atoms with Gasteiger partial charge < -0.3 is 43.4 Å². The first-order chi connectivity index (χ1) is 18.5. The number of carboxylic acid groups (broad SMARTS) is 1. The molecule has 11 N–H and O–H groups in total. The minimum absolute atomic E-state index is 0.0345. The zero-order chi connectivity index (χ0) is 29.4. The Morgan fingerprint density at radius 2 is 1.38 bits per heavy atom. The molecule has 0 saturated carbocycles. The summed E-state index contributed by atoms with van der Waals surface area (Å²) in [7, 11) is 0. The van der Waals surface area contributed by atoms with E-state index < -0.39 is 47.9 Å². The molecule has 0 aromatic heterocycles. The molecule has 0 bridgehead atoms. The zero-order valence-electron chi connectivity index (χ0n) is 23.0. The number of carboxylic acids is 1.